The third kappa shape index (κ3) is 2.79. The Balaban J connectivity index is 1.75. The van der Waals surface area contributed by atoms with Gasteiger partial charge in [-0.1, -0.05) is 5.16 Å². The van der Waals surface area contributed by atoms with Gasteiger partial charge in [-0.25, -0.2) is 4.79 Å². The van der Waals surface area contributed by atoms with Crippen LogP contribution in [0.4, 0.5) is 8.78 Å². The molecular formula is C10H12F2N2O3. The van der Waals surface area contributed by atoms with Gasteiger partial charge in [-0.15, -0.1) is 0 Å². The molecule has 0 spiro atoms. The summed E-state index contributed by atoms with van der Waals surface area (Å²) in [5, 5.41) is 6.55. The van der Waals surface area contributed by atoms with E-state index in [2.05, 4.69) is 15.2 Å². The van der Waals surface area contributed by atoms with Gasteiger partial charge in [0, 0.05) is 12.6 Å². The second-order valence-corrected chi connectivity index (χ2v) is 4.00. The quantitative estimate of drug-likeness (QED) is 0.804. The van der Waals surface area contributed by atoms with E-state index in [4.69, 9.17) is 4.52 Å². The van der Waals surface area contributed by atoms with Gasteiger partial charge in [0.1, 0.15) is 6.10 Å². The molecule has 1 aliphatic rings. The van der Waals surface area contributed by atoms with Crippen LogP contribution < -0.4 is 5.32 Å². The van der Waals surface area contributed by atoms with Gasteiger partial charge < -0.3 is 14.6 Å². The molecule has 0 saturated carbocycles. The first-order valence-corrected chi connectivity index (χ1v) is 5.19. The average Bonchev–Trinajstić information content (AvgIpc) is 2.73. The van der Waals surface area contributed by atoms with Crippen LogP contribution in [0.15, 0.2) is 10.6 Å². The second-order valence-electron chi connectivity index (χ2n) is 4.00. The zero-order valence-corrected chi connectivity index (χ0v) is 9.20. The summed E-state index contributed by atoms with van der Waals surface area (Å²) in [5.74, 6) is -4.19. The molecule has 1 aromatic heterocycles. The first-order chi connectivity index (χ1) is 7.97. The fourth-order valence-corrected chi connectivity index (χ4v) is 1.62. The molecule has 1 unspecified atom stereocenters. The fourth-order valence-electron chi connectivity index (χ4n) is 1.62. The minimum absolute atomic E-state index is 0.168. The van der Waals surface area contributed by atoms with Gasteiger partial charge in [-0.3, -0.25) is 0 Å². The molecule has 0 bridgehead atoms. The van der Waals surface area contributed by atoms with E-state index >= 15 is 0 Å². The summed E-state index contributed by atoms with van der Waals surface area (Å²) in [7, 11) is 0. The van der Waals surface area contributed by atoms with E-state index < -0.39 is 24.4 Å². The maximum Gasteiger partial charge on any atom is 0.377 e. The number of halogens is 2. The molecule has 0 aliphatic carbocycles. The van der Waals surface area contributed by atoms with Crippen LogP contribution in [-0.2, 0) is 16.1 Å². The van der Waals surface area contributed by atoms with Crippen molar-refractivity contribution in [3.8, 4) is 0 Å². The van der Waals surface area contributed by atoms with Crippen molar-refractivity contribution in [1.82, 2.24) is 10.5 Å². The summed E-state index contributed by atoms with van der Waals surface area (Å²) in [6.07, 6.45) is -1.37. The van der Waals surface area contributed by atoms with Crippen molar-refractivity contribution in [3.05, 3.63) is 17.5 Å². The van der Waals surface area contributed by atoms with E-state index in [1.165, 1.54) is 0 Å². The van der Waals surface area contributed by atoms with Crippen LogP contribution in [-0.4, -0.2) is 29.7 Å². The Bertz CT molecular complexity index is 419. The molecule has 1 atom stereocenters. The summed E-state index contributed by atoms with van der Waals surface area (Å²) < 4.78 is 35.1. The lowest BCUT2D eigenvalue weighted by Crippen LogP contribution is -2.26. The minimum atomic E-state index is -3.35. The van der Waals surface area contributed by atoms with Crippen LogP contribution in [0.5, 0.6) is 0 Å². The predicted molar refractivity (Wildman–Crippen MR) is 52.4 cm³/mol. The van der Waals surface area contributed by atoms with Crippen LogP contribution >= 0.6 is 0 Å². The second kappa shape index (κ2) is 4.40. The van der Waals surface area contributed by atoms with Crippen LogP contribution in [0.1, 0.15) is 17.9 Å². The fraction of sp³-hybridized carbons (Fsp3) is 0.600. The first kappa shape index (κ1) is 12.0. The van der Waals surface area contributed by atoms with E-state index in [1.807, 2.05) is 0 Å². The Morgan fingerprint density at radius 2 is 2.41 bits per heavy atom. The molecule has 1 aromatic rings. The number of alkyl halides is 2. The molecular weight excluding hydrogens is 234 g/mol. The molecule has 7 heteroatoms. The highest BCUT2D eigenvalue weighted by Crippen LogP contribution is 2.30. The number of ether oxygens (including phenoxy) is 1. The van der Waals surface area contributed by atoms with Crippen LogP contribution in [0.3, 0.4) is 0 Å². The maximum atomic E-state index is 12.8. The van der Waals surface area contributed by atoms with Gasteiger partial charge in [0.05, 0.1) is 18.7 Å². The molecule has 5 nitrogen and oxygen atoms in total. The smallest absolute Gasteiger partial charge is 0.377 e. The van der Waals surface area contributed by atoms with Gasteiger partial charge in [-0.2, -0.15) is 8.78 Å². The lowest BCUT2D eigenvalue weighted by atomic mass is 10.2. The summed E-state index contributed by atoms with van der Waals surface area (Å²) in [4.78, 5) is 10.7. The molecule has 1 N–H and O–H groups in total. The van der Waals surface area contributed by atoms with E-state index in [9.17, 15) is 13.6 Å². The van der Waals surface area contributed by atoms with Gasteiger partial charge >= 0.3 is 11.9 Å². The highest BCUT2D eigenvalue weighted by Gasteiger charge is 2.50. The van der Waals surface area contributed by atoms with E-state index in [1.54, 1.807) is 13.0 Å². The lowest BCUT2D eigenvalue weighted by molar-refractivity contribution is -0.159. The molecule has 17 heavy (non-hydrogen) atoms. The molecule has 2 heterocycles. The molecule has 0 aromatic carbocycles. The third-order valence-corrected chi connectivity index (χ3v) is 2.40. The number of hydrogen-bond donors (Lipinski definition) is 1. The summed E-state index contributed by atoms with van der Waals surface area (Å²) in [6.45, 7) is 2.31. The average molecular weight is 246 g/mol. The normalized spacial score (nSPS) is 22.8. The summed E-state index contributed by atoms with van der Waals surface area (Å²) in [5.41, 5.74) is 0.751. The van der Waals surface area contributed by atoms with Crippen molar-refractivity contribution in [2.75, 3.05) is 6.54 Å². The molecule has 1 fully saturated rings. The molecule has 1 saturated heterocycles. The number of esters is 1. The number of nitrogens with zero attached hydrogens (tertiary/aromatic N) is 1. The third-order valence-electron chi connectivity index (χ3n) is 2.40. The predicted octanol–water partition coefficient (Wildman–Crippen LogP) is 1.02. The van der Waals surface area contributed by atoms with Gasteiger partial charge in [0.15, 0.2) is 5.76 Å². The van der Waals surface area contributed by atoms with Crippen molar-refractivity contribution < 1.29 is 22.8 Å². The number of nitrogens with one attached hydrogen (secondary N) is 1. The first-order valence-electron chi connectivity index (χ1n) is 5.19. The van der Waals surface area contributed by atoms with Crippen molar-refractivity contribution >= 4 is 5.97 Å². The Morgan fingerprint density at radius 1 is 1.65 bits per heavy atom. The Kier molecular flexibility index (Phi) is 3.10. The van der Waals surface area contributed by atoms with Gasteiger partial charge in [-0.05, 0) is 6.92 Å². The number of rotatable bonds is 4. The molecule has 0 radical (unpaired) electrons. The number of hydrogen-bond acceptors (Lipinski definition) is 5. The molecule has 0 amide bonds. The number of carbonyl (C=O) groups is 1. The van der Waals surface area contributed by atoms with E-state index in [-0.39, 0.29) is 6.54 Å². The molecule has 1 aliphatic heterocycles. The zero-order valence-electron chi connectivity index (χ0n) is 9.20. The summed E-state index contributed by atoms with van der Waals surface area (Å²) in [6, 6.07) is 1.74. The van der Waals surface area contributed by atoms with Crippen LogP contribution in [0.25, 0.3) is 0 Å². The Hall–Kier alpha value is -1.50. The van der Waals surface area contributed by atoms with Crippen LogP contribution in [0.2, 0.25) is 0 Å². The van der Waals surface area contributed by atoms with Crippen molar-refractivity contribution in [2.24, 2.45) is 0 Å². The number of cyclic esters (lactones) is 1. The zero-order chi connectivity index (χ0) is 12.5. The number of carbonyl (C=O) groups excluding carboxylic acids is 1. The molecule has 94 valence electrons. The SMILES string of the molecule is Cc1cc(CNCC2CC(F)(F)C(=O)O2)on1. The Morgan fingerprint density at radius 3 is 2.94 bits per heavy atom. The largest absolute Gasteiger partial charge is 0.456 e. The Labute approximate surface area is 96.1 Å². The minimum Gasteiger partial charge on any atom is -0.456 e. The highest BCUT2D eigenvalue weighted by atomic mass is 19.3. The topological polar surface area (TPSA) is 64.4 Å². The highest BCUT2D eigenvalue weighted by molar-refractivity contribution is 5.79. The lowest BCUT2D eigenvalue weighted by Gasteiger charge is -2.08. The standard InChI is InChI=1S/C10H12F2N2O3/c1-6-2-7(17-14-6)4-13-5-8-3-10(11,12)9(15)16-8/h2,8,13H,3-5H2,1H3. The monoisotopic (exact) mass is 246 g/mol. The van der Waals surface area contributed by atoms with E-state index in [0.29, 0.717) is 12.3 Å². The summed E-state index contributed by atoms with van der Waals surface area (Å²) >= 11 is 0. The number of aryl methyl sites for hydroxylation is 1. The van der Waals surface area contributed by atoms with Crippen molar-refractivity contribution in [3.63, 3.8) is 0 Å². The van der Waals surface area contributed by atoms with Crippen LogP contribution in [0, 0.1) is 6.92 Å². The number of aromatic nitrogens is 1. The molecule has 2 rings (SSSR count). The maximum absolute atomic E-state index is 12.8. The van der Waals surface area contributed by atoms with Gasteiger partial charge in [0.25, 0.3) is 0 Å². The van der Waals surface area contributed by atoms with Gasteiger partial charge in [0.2, 0.25) is 0 Å². The van der Waals surface area contributed by atoms with E-state index in [0.717, 1.165) is 5.69 Å². The van der Waals surface area contributed by atoms with Crippen molar-refractivity contribution in [2.45, 2.75) is 31.9 Å². The van der Waals surface area contributed by atoms with Crippen molar-refractivity contribution in [1.29, 1.82) is 0 Å².